The molecule has 0 aliphatic carbocycles. The third-order valence-corrected chi connectivity index (χ3v) is 3.92. The van der Waals surface area contributed by atoms with E-state index in [1.54, 1.807) is 0 Å². The Hall–Kier alpha value is -2.15. The van der Waals surface area contributed by atoms with Crippen LogP contribution in [0.3, 0.4) is 0 Å². The van der Waals surface area contributed by atoms with Gasteiger partial charge >= 0.3 is 5.97 Å². The fraction of sp³-hybridized carbons (Fsp3) is 0.533. The van der Waals surface area contributed by atoms with Gasteiger partial charge in [-0.15, -0.1) is 0 Å². The van der Waals surface area contributed by atoms with Crippen molar-refractivity contribution in [1.82, 2.24) is 10.3 Å². The minimum atomic E-state index is -1.21. The Balaban J connectivity index is 2.09. The number of hydrogen-bond donors (Lipinski definition) is 2. The van der Waals surface area contributed by atoms with E-state index in [-0.39, 0.29) is 28.7 Å². The summed E-state index contributed by atoms with van der Waals surface area (Å²) in [4.78, 5) is 27.1. The number of hydrogen-bond acceptors (Lipinski definition) is 5. The fourth-order valence-corrected chi connectivity index (χ4v) is 2.43. The number of pyridine rings is 1. The van der Waals surface area contributed by atoms with Crippen LogP contribution < -0.4 is 10.1 Å². The molecule has 0 saturated carbocycles. The van der Waals surface area contributed by atoms with Gasteiger partial charge in [-0.05, 0) is 20.3 Å². The molecule has 1 aromatic heterocycles. The summed E-state index contributed by atoms with van der Waals surface area (Å²) in [5.74, 6) is -1.15. The minimum absolute atomic E-state index is 0.0217. The van der Waals surface area contributed by atoms with Crippen LogP contribution in [0.5, 0.6) is 5.75 Å². The smallest absolute Gasteiger partial charge is 0.354 e. The molecule has 22 heavy (non-hydrogen) atoms. The molecule has 2 heterocycles. The topological polar surface area (TPSA) is 97.8 Å². The first-order valence-corrected chi connectivity index (χ1v) is 7.05. The van der Waals surface area contributed by atoms with Crippen molar-refractivity contribution in [3.05, 3.63) is 23.5 Å². The number of carboxylic acid groups (broad SMARTS) is 1. The number of carboxylic acids is 1. The van der Waals surface area contributed by atoms with Gasteiger partial charge in [0.15, 0.2) is 5.69 Å². The molecule has 1 amide bonds. The Morgan fingerprint density at radius 2 is 2.14 bits per heavy atom. The van der Waals surface area contributed by atoms with Crippen LogP contribution in [0.4, 0.5) is 0 Å². The largest absolute Gasteiger partial charge is 0.497 e. The first-order valence-electron chi connectivity index (χ1n) is 7.05. The van der Waals surface area contributed by atoms with Crippen molar-refractivity contribution in [2.75, 3.05) is 20.3 Å². The molecule has 1 unspecified atom stereocenters. The lowest BCUT2D eigenvalue weighted by atomic mass is 9.91. The predicted molar refractivity (Wildman–Crippen MR) is 78.2 cm³/mol. The monoisotopic (exact) mass is 308 g/mol. The first kappa shape index (κ1) is 16.2. The molecule has 0 spiro atoms. The Morgan fingerprint density at radius 3 is 2.68 bits per heavy atom. The second kappa shape index (κ2) is 6.31. The Kier molecular flexibility index (Phi) is 4.65. The van der Waals surface area contributed by atoms with Crippen LogP contribution in [0.1, 0.15) is 41.2 Å². The summed E-state index contributed by atoms with van der Waals surface area (Å²) in [7, 11) is 1.40. The molecule has 2 N–H and O–H groups in total. The van der Waals surface area contributed by atoms with E-state index in [2.05, 4.69) is 10.3 Å². The fourth-order valence-electron chi connectivity index (χ4n) is 2.43. The molecule has 1 saturated heterocycles. The molecule has 1 aromatic rings. The van der Waals surface area contributed by atoms with Gasteiger partial charge in [0.1, 0.15) is 11.4 Å². The number of nitrogens with one attached hydrogen (secondary N) is 1. The van der Waals surface area contributed by atoms with E-state index in [0.29, 0.717) is 13.2 Å². The highest BCUT2D eigenvalue weighted by Gasteiger charge is 2.35. The van der Waals surface area contributed by atoms with E-state index < -0.39 is 11.9 Å². The summed E-state index contributed by atoms with van der Waals surface area (Å²) in [5.41, 5.74) is -0.482. The van der Waals surface area contributed by atoms with E-state index in [9.17, 15) is 9.59 Å². The maximum Gasteiger partial charge on any atom is 0.354 e. The second-order valence-corrected chi connectivity index (χ2v) is 5.73. The summed E-state index contributed by atoms with van der Waals surface area (Å²) in [5, 5.41) is 11.8. The molecule has 0 aromatic carbocycles. The molecule has 1 aliphatic heterocycles. The van der Waals surface area contributed by atoms with E-state index in [4.69, 9.17) is 14.6 Å². The van der Waals surface area contributed by atoms with Crippen LogP contribution in [-0.2, 0) is 4.74 Å². The Bertz CT molecular complexity index is 585. The highest BCUT2D eigenvalue weighted by molar-refractivity contribution is 5.94. The van der Waals surface area contributed by atoms with Crippen LogP contribution in [0.15, 0.2) is 12.1 Å². The minimum Gasteiger partial charge on any atom is -0.497 e. The van der Waals surface area contributed by atoms with Gasteiger partial charge in [-0.25, -0.2) is 9.78 Å². The maximum absolute atomic E-state index is 12.2. The number of methoxy groups -OCH3 is 1. The second-order valence-electron chi connectivity index (χ2n) is 5.73. The van der Waals surface area contributed by atoms with Crippen molar-refractivity contribution in [2.45, 2.75) is 25.9 Å². The van der Waals surface area contributed by atoms with Crippen molar-refractivity contribution in [3.8, 4) is 5.75 Å². The van der Waals surface area contributed by atoms with Crippen molar-refractivity contribution < 1.29 is 24.2 Å². The summed E-state index contributed by atoms with van der Waals surface area (Å²) < 4.78 is 10.6. The van der Waals surface area contributed by atoms with Gasteiger partial charge in [-0.1, -0.05) is 0 Å². The van der Waals surface area contributed by atoms with Gasteiger partial charge < -0.3 is 19.9 Å². The van der Waals surface area contributed by atoms with Crippen LogP contribution in [-0.4, -0.2) is 47.8 Å². The Labute approximate surface area is 128 Å². The maximum atomic E-state index is 12.2. The van der Waals surface area contributed by atoms with Crippen molar-refractivity contribution >= 4 is 11.9 Å². The van der Waals surface area contributed by atoms with Crippen LogP contribution in [0, 0.1) is 5.92 Å². The van der Waals surface area contributed by atoms with Gasteiger partial charge in [-0.3, -0.25) is 4.79 Å². The van der Waals surface area contributed by atoms with Crippen molar-refractivity contribution in [2.24, 2.45) is 5.92 Å². The van der Waals surface area contributed by atoms with E-state index in [1.165, 1.54) is 19.2 Å². The van der Waals surface area contributed by atoms with Gasteiger partial charge in [-0.2, -0.15) is 0 Å². The number of amides is 1. The lowest BCUT2D eigenvalue weighted by Gasteiger charge is -2.25. The molecule has 120 valence electrons. The molecule has 7 heteroatoms. The molecule has 0 bridgehead atoms. The standard InChI is InChI=1S/C15H20N2O5/c1-15(2)9(4-5-22-15)8-16-13(18)11-6-10(21-3)7-12(17-11)14(19)20/h6-7,9H,4-5,8H2,1-3H3,(H,16,18)(H,19,20). The highest BCUT2D eigenvalue weighted by Crippen LogP contribution is 2.30. The average Bonchev–Trinajstić information content (AvgIpc) is 2.82. The van der Waals surface area contributed by atoms with Crippen LogP contribution >= 0.6 is 0 Å². The van der Waals surface area contributed by atoms with Gasteiger partial charge in [0, 0.05) is 31.2 Å². The molecular weight excluding hydrogens is 288 g/mol. The average molecular weight is 308 g/mol. The summed E-state index contributed by atoms with van der Waals surface area (Å²) in [6.45, 7) is 5.10. The van der Waals surface area contributed by atoms with Crippen molar-refractivity contribution in [3.63, 3.8) is 0 Å². The zero-order valence-electron chi connectivity index (χ0n) is 12.9. The molecule has 1 fully saturated rings. The SMILES string of the molecule is COc1cc(C(=O)O)nc(C(=O)NCC2CCOC2(C)C)c1. The molecule has 1 aliphatic rings. The summed E-state index contributed by atoms with van der Waals surface area (Å²) in [6, 6.07) is 2.69. The number of nitrogens with zero attached hydrogens (tertiary/aromatic N) is 1. The normalized spacial score (nSPS) is 19.7. The lowest BCUT2D eigenvalue weighted by molar-refractivity contribution is 0.0115. The molecule has 0 radical (unpaired) electrons. The Morgan fingerprint density at radius 1 is 1.45 bits per heavy atom. The predicted octanol–water partition coefficient (Wildman–Crippen LogP) is 1.33. The molecular formula is C15H20N2O5. The number of aromatic nitrogens is 1. The molecule has 7 nitrogen and oxygen atoms in total. The third kappa shape index (κ3) is 3.54. The quantitative estimate of drug-likeness (QED) is 0.851. The van der Waals surface area contributed by atoms with E-state index in [1.807, 2.05) is 13.8 Å². The number of aromatic carboxylic acids is 1. The zero-order valence-corrected chi connectivity index (χ0v) is 12.9. The zero-order chi connectivity index (χ0) is 16.3. The molecule has 1 atom stereocenters. The number of carbonyl (C=O) groups is 2. The number of rotatable bonds is 5. The lowest BCUT2D eigenvalue weighted by Crippen LogP contribution is -2.38. The van der Waals surface area contributed by atoms with Gasteiger partial charge in [0.2, 0.25) is 0 Å². The van der Waals surface area contributed by atoms with Gasteiger partial charge in [0.05, 0.1) is 12.7 Å². The van der Waals surface area contributed by atoms with E-state index >= 15 is 0 Å². The number of ether oxygens (including phenoxy) is 2. The third-order valence-electron chi connectivity index (χ3n) is 3.92. The van der Waals surface area contributed by atoms with E-state index in [0.717, 1.165) is 6.42 Å². The summed E-state index contributed by atoms with van der Waals surface area (Å²) >= 11 is 0. The first-order chi connectivity index (χ1) is 10.3. The van der Waals surface area contributed by atoms with Crippen LogP contribution in [0.2, 0.25) is 0 Å². The summed E-state index contributed by atoms with van der Waals surface area (Å²) in [6.07, 6.45) is 0.874. The number of carbonyl (C=O) groups excluding carboxylic acids is 1. The van der Waals surface area contributed by atoms with Crippen molar-refractivity contribution in [1.29, 1.82) is 0 Å². The highest BCUT2D eigenvalue weighted by atomic mass is 16.5. The molecule has 2 rings (SSSR count). The van der Waals surface area contributed by atoms with Crippen LogP contribution in [0.25, 0.3) is 0 Å². The van der Waals surface area contributed by atoms with Gasteiger partial charge in [0.25, 0.3) is 5.91 Å².